The second-order valence-electron chi connectivity index (χ2n) is 4.00. The summed E-state index contributed by atoms with van der Waals surface area (Å²) in [4.78, 5) is 8.10. The van der Waals surface area contributed by atoms with Gasteiger partial charge in [-0.25, -0.2) is 0 Å². The number of anilines is 1. The fourth-order valence-electron chi connectivity index (χ4n) is 1.74. The van der Waals surface area contributed by atoms with Crippen LogP contribution in [0.25, 0.3) is 5.78 Å². The Morgan fingerprint density at radius 3 is 2.88 bits per heavy atom. The predicted octanol–water partition coefficient (Wildman–Crippen LogP) is 2.63. The summed E-state index contributed by atoms with van der Waals surface area (Å²) in [6.07, 6.45) is 3.78. The number of nitrogens with zero attached hydrogens (tertiary/aromatic N) is 4. The lowest BCUT2D eigenvalue weighted by atomic mass is 10.0. The van der Waals surface area contributed by atoms with Crippen LogP contribution in [0.3, 0.4) is 0 Å². The van der Waals surface area contributed by atoms with Crippen molar-refractivity contribution in [2.45, 2.75) is 26.7 Å². The highest BCUT2D eigenvalue weighted by Crippen LogP contribution is 2.16. The van der Waals surface area contributed by atoms with Crippen molar-refractivity contribution in [3.63, 3.8) is 0 Å². The van der Waals surface area contributed by atoms with Crippen LogP contribution < -0.4 is 5.32 Å². The van der Waals surface area contributed by atoms with Gasteiger partial charge in [0.1, 0.15) is 17.3 Å². The molecule has 0 aliphatic heterocycles. The minimum atomic E-state index is 0.428. The zero-order valence-electron chi connectivity index (χ0n) is 10.0. The van der Waals surface area contributed by atoms with E-state index in [0.29, 0.717) is 16.8 Å². The molecule has 0 bridgehead atoms. The quantitative estimate of drug-likeness (QED) is 0.833. The average molecular weight is 254 g/mol. The van der Waals surface area contributed by atoms with Gasteiger partial charge in [-0.2, -0.15) is 19.6 Å². The fraction of sp³-hybridized carbons (Fsp3) is 0.545. The van der Waals surface area contributed by atoms with Gasteiger partial charge in [0.15, 0.2) is 0 Å². The van der Waals surface area contributed by atoms with Gasteiger partial charge in [0.2, 0.25) is 0 Å². The summed E-state index contributed by atoms with van der Waals surface area (Å²) in [7, 11) is 0. The van der Waals surface area contributed by atoms with E-state index in [4.69, 9.17) is 11.6 Å². The van der Waals surface area contributed by atoms with E-state index in [-0.39, 0.29) is 0 Å². The third kappa shape index (κ3) is 2.66. The van der Waals surface area contributed by atoms with Gasteiger partial charge in [-0.05, 0) is 5.92 Å². The summed E-state index contributed by atoms with van der Waals surface area (Å²) in [6.45, 7) is 5.29. The lowest BCUT2D eigenvalue weighted by molar-refractivity contribution is 0.518. The Hall–Kier alpha value is -1.36. The molecular formula is C11H16ClN5. The first-order chi connectivity index (χ1) is 8.24. The highest BCUT2D eigenvalue weighted by Gasteiger charge is 2.08. The standard InChI is InChI=1S/C11H16ClN5/c1-3-8(4-2)6-13-10-5-9(12)16-11-14-7-15-17(10)11/h5,7-8,13H,3-4,6H2,1-2H3. The summed E-state index contributed by atoms with van der Waals surface area (Å²) in [6, 6.07) is 1.77. The van der Waals surface area contributed by atoms with Crippen molar-refractivity contribution in [2.75, 3.05) is 11.9 Å². The molecule has 0 saturated carbocycles. The topological polar surface area (TPSA) is 55.1 Å². The van der Waals surface area contributed by atoms with Crippen LogP contribution in [0.4, 0.5) is 5.82 Å². The molecule has 92 valence electrons. The smallest absolute Gasteiger partial charge is 0.255 e. The molecule has 0 aliphatic carbocycles. The van der Waals surface area contributed by atoms with E-state index < -0.39 is 0 Å². The van der Waals surface area contributed by atoms with Crippen molar-refractivity contribution in [1.82, 2.24) is 19.6 Å². The van der Waals surface area contributed by atoms with Gasteiger partial charge in [-0.3, -0.25) is 0 Å². The van der Waals surface area contributed by atoms with Crippen molar-refractivity contribution < 1.29 is 0 Å². The Balaban J connectivity index is 2.20. The van der Waals surface area contributed by atoms with Crippen molar-refractivity contribution in [3.05, 3.63) is 17.5 Å². The molecule has 1 N–H and O–H groups in total. The molecule has 5 nitrogen and oxygen atoms in total. The zero-order chi connectivity index (χ0) is 12.3. The molecule has 0 unspecified atom stereocenters. The molecule has 0 atom stereocenters. The molecule has 2 aromatic heterocycles. The molecule has 6 heteroatoms. The van der Waals surface area contributed by atoms with Crippen LogP contribution in [0.5, 0.6) is 0 Å². The third-order valence-corrected chi connectivity index (χ3v) is 3.14. The minimum absolute atomic E-state index is 0.428. The van der Waals surface area contributed by atoms with Crippen LogP contribution in [0, 0.1) is 5.92 Å². The highest BCUT2D eigenvalue weighted by molar-refractivity contribution is 6.29. The maximum absolute atomic E-state index is 5.93. The first kappa shape index (κ1) is 12.1. The lowest BCUT2D eigenvalue weighted by Crippen LogP contribution is -2.15. The number of nitrogens with one attached hydrogen (secondary N) is 1. The molecule has 0 saturated heterocycles. The molecule has 2 aromatic rings. The van der Waals surface area contributed by atoms with Crippen molar-refractivity contribution in [3.8, 4) is 0 Å². The molecule has 0 amide bonds. The maximum Gasteiger partial charge on any atom is 0.255 e. The van der Waals surface area contributed by atoms with Gasteiger partial charge >= 0.3 is 0 Å². The first-order valence-electron chi connectivity index (χ1n) is 5.84. The number of aromatic nitrogens is 4. The van der Waals surface area contributed by atoms with Crippen LogP contribution in [0.1, 0.15) is 26.7 Å². The molecule has 2 rings (SSSR count). The second-order valence-corrected chi connectivity index (χ2v) is 4.39. The zero-order valence-corrected chi connectivity index (χ0v) is 10.8. The second kappa shape index (κ2) is 5.31. The van der Waals surface area contributed by atoms with E-state index in [0.717, 1.165) is 25.2 Å². The molecule has 0 fully saturated rings. The van der Waals surface area contributed by atoms with Gasteiger partial charge in [0.05, 0.1) is 0 Å². The lowest BCUT2D eigenvalue weighted by Gasteiger charge is -2.14. The Morgan fingerprint density at radius 1 is 1.41 bits per heavy atom. The number of hydrogen-bond donors (Lipinski definition) is 1. The first-order valence-corrected chi connectivity index (χ1v) is 6.22. The van der Waals surface area contributed by atoms with Crippen LogP contribution in [0.15, 0.2) is 12.4 Å². The largest absolute Gasteiger partial charge is 0.370 e. The van der Waals surface area contributed by atoms with Crippen LogP contribution in [-0.2, 0) is 0 Å². The summed E-state index contributed by atoms with van der Waals surface area (Å²) in [5, 5.41) is 7.89. The van der Waals surface area contributed by atoms with Crippen molar-refractivity contribution >= 4 is 23.2 Å². The summed E-state index contributed by atoms with van der Waals surface area (Å²) >= 11 is 5.93. The van der Waals surface area contributed by atoms with Crippen LogP contribution in [0.2, 0.25) is 5.15 Å². The van der Waals surface area contributed by atoms with E-state index in [1.54, 1.807) is 10.6 Å². The van der Waals surface area contributed by atoms with Gasteiger partial charge < -0.3 is 5.32 Å². The number of halogens is 1. The molecule has 0 spiro atoms. The summed E-state index contributed by atoms with van der Waals surface area (Å²) in [5.41, 5.74) is 0. The number of fused-ring (bicyclic) bond motifs is 1. The number of hydrogen-bond acceptors (Lipinski definition) is 4. The van der Waals surface area contributed by atoms with Gasteiger partial charge in [-0.15, -0.1) is 0 Å². The van der Waals surface area contributed by atoms with Gasteiger partial charge in [-0.1, -0.05) is 38.3 Å². The third-order valence-electron chi connectivity index (χ3n) is 2.95. The van der Waals surface area contributed by atoms with E-state index in [1.165, 1.54) is 6.33 Å². The SMILES string of the molecule is CCC(CC)CNc1cc(Cl)nc2ncnn12. The highest BCUT2D eigenvalue weighted by atomic mass is 35.5. The Morgan fingerprint density at radius 2 is 2.18 bits per heavy atom. The number of rotatable bonds is 5. The molecule has 0 aromatic carbocycles. The average Bonchev–Trinajstić information content (AvgIpc) is 2.78. The normalized spacial score (nSPS) is 11.3. The summed E-state index contributed by atoms with van der Waals surface area (Å²) < 4.78 is 1.66. The Kier molecular flexibility index (Phi) is 3.78. The maximum atomic E-state index is 5.93. The van der Waals surface area contributed by atoms with E-state index in [9.17, 15) is 0 Å². The monoisotopic (exact) mass is 253 g/mol. The van der Waals surface area contributed by atoms with E-state index in [1.807, 2.05) is 0 Å². The van der Waals surface area contributed by atoms with Gasteiger partial charge in [0.25, 0.3) is 5.78 Å². The molecule has 17 heavy (non-hydrogen) atoms. The molecule has 0 radical (unpaired) electrons. The van der Waals surface area contributed by atoms with Crippen molar-refractivity contribution in [2.24, 2.45) is 5.92 Å². The molecular weight excluding hydrogens is 238 g/mol. The fourth-order valence-corrected chi connectivity index (χ4v) is 1.91. The summed E-state index contributed by atoms with van der Waals surface area (Å²) in [5.74, 6) is 2.01. The molecule has 0 aliphatic rings. The minimum Gasteiger partial charge on any atom is -0.370 e. The molecule has 2 heterocycles. The van der Waals surface area contributed by atoms with Crippen LogP contribution in [-0.4, -0.2) is 26.1 Å². The Bertz CT molecular complexity index is 492. The van der Waals surface area contributed by atoms with Gasteiger partial charge in [0, 0.05) is 12.6 Å². The Labute approximate surface area is 105 Å². The van der Waals surface area contributed by atoms with Crippen LogP contribution >= 0.6 is 11.6 Å². The van der Waals surface area contributed by atoms with Crippen molar-refractivity contribution in [1.29, 1.82) is 0 Å². The van der Waals surface area contributed by atoms with E-state index >= 15 is 0 Å². The predicted molar refractivity (Wildman–Crippen MR) is 68.4 cm³/mol. The van der Waals surface area contributed by atoms with E-state index in [2.05, 4.69) is 34.2 Å².